The van der Waals surface area contributed by atoms with Gasteiger partial charge in [-0.3, -0.25) is 4.90 Å². The fraction of sp³-hybridized carbons (Fsp3) is 0.533. The standard InChI is InChI=1S/C15H21N3O3/c16-14-12(15(19)20)4-1-5-13(14)17-7-11-8-18-6-2-3-10(18)9-21-11/h1,4-5,10-11,17H,2-3,6-9,16H2,(H,19,20). The minimum Gasteiger partial charge on any atom is -0.478 e. The molecule has 2 unspecified atom stereocenters. The maximum atomic E-state index is 11.1. The first kappa shape index (κ1) is 14.2. The van der Waals surface area contributed by atoms with E-state index in [-0.39, 0.29) is 17.4 Å². The van der Waals surface area contributed by atoms with Crippen molar-refractivity contribution in [2.45, 2.75) is 25.0 Å². The summed E-state index contributed by atoms with van der Waals surface area (Å²) in [5.41, 5.74) is 6.95. The van der Waals surface area contributed by atoms with Crippen molar-refractivity contribution in [2.24, 2.45) is 0 Å². The first-order chi connectivity index (χ1) is 10.1. The molecule has 0 amide bonds. The Balaban J connectivity index is 1.60. The number of ether oxygens (including phenoxy) is 1. The SMILES string of the molecule is Nc1c(NCC2CN3CCCC3CO2)cccc1C(=O)O. The highest BCUT2D eigenvalue weighted by Gasteiger charge is 2.32. The van der Waals surface area contributed by atoms with Crippen molar-refractivity contribution >= 4 is 17.3 Å². The Labute approximate surface area is 123 Å². The lowest BCUT2D eigenvalue weighted by Crippen LogP contribution is -2.48. The molecule has 0 aliphatic carbocycles. The normalized spacial score (nSPS) is 25.5. The Hall–Kier alpha value is -1.79. The van der Waals surface area contributed by atoms with Crippen LogP contribution in [0.4, 0.5) is 11.4 Å². The van der Waals surface area contributed by atoms with Gasteiger partial charge in [0.15, 0.2) is 0 Å². The molecule has 0 bridgehead atoms. The molecule has 0 saturated carbocycles. The number of benzene rings is 1. The zero-order valence-corrected chi connectivity index (χ0v) is 11.9. The molecule has 1 aromatic carbocycles. The number of para-hydroxylation sites is 1. The van der Waals surface area contributed by atoms with Crippen LogP contribution >= 0.6 is 0 Å². The van der Waals surface area contributed by atoms with Gasteiger partial charge in [0.25, 0.3) is 0 Å². The first-order valence-corrected chi connectivity index (χ1v) is 7.36. The monoisotopic (exact) mass is 291 g/mol. The van der Waals surface area contributed by atoms with E-state index in [2.05, 4.69) is 10.2 Å². The van der Waals surface area contributed by atoms with Gasteiger partial charge < -0.3 is 20.9 Å². The summed E-state index contributed by atoms with van der Waals surface area (Å²) < 4.78 is 5.87. The fourth-order valence-corrected chi connectivity index (χ4v) is 3.14. The van der Waals surface area contributed by atoms with Crippen molar-refractivity contribution in [3.8, 4) is 0 Å². The Morgan fingerprint density at radius 2 is 2.38 bits per heavy atom. The number of nitrogens with zero attached hydrogens (tertiary/aromatic N) is 1. The number of nitrogen functional groups attached to an aromatic ring is 1. The molecule has 2 fully saturated rings. The van der Waals surface area contributed by atoms with E-state index < -0.39 is 5.97 Å². The molecule has 4 N–H and O–H groups in total. The molecule has 2 saturated heterocycles. The van der Waals surface area contributed by atoms with E-state index in [4.69, 9.17) is 15.6 Å². The Morgan fingerprint density at radius 1 is 1.52 bits per heavy atom. The lowest BCUT2D eigenvalue weighted by atomic mass is 10.1. The van der Waals surface area contributed by atoms with E-state index in [0.717, 1.165) is 19.7 Å². The summed E-state index contributed by atoms with van der Waals surface area (Å²) in [6, 6.07) is 5.58. The summed E-state index contributed by atoms with van der Waals surface area (Å²) in [6.07, 6.45) is 2.60. The van der Waals surface area contributed by atoms with Crippen LogP contribution in [0.2, 0.25) is 0 Å². The molecular weight excluding hydrogens is 270 g/mol. The van der Waals surface area contributed by atoms with E-state index in [1.807, 2.05) is 0 Å². The highest BCUT2D eigenvalue weighted by molar-refractivity contribution is 5.97. The molecule has 0 radical (unpaired) electrons. The van der Waals surface area contributed by atoms with Gasteiger partial charge in [-0.15, -0.1) is 0 Å². The van der Waals surface area contributed by atoms with E-state index in [0.29, 0.717) is 18.3 Å². The molecule has 2 aliphatic heterocycles. The second-order valence-electron chi connectivity index (χ2n) is 5.70. The van der Waals surface area contributed by atoms with E-state index >= 15 is 0 Å². The maximum Gasteiger partial charge on any atom is 0.337 e. The van der Waals surface area contributed by atoms with Crippen molar-refractivity contribution in [3.63, 3.8) is 0 Å². The van der Waals surface area contributed by atoms with Crippen LogP contribution in [-0.4, -0.2) is 54.4 Å². The van der Waals surface area contributed by atoms with Crippen LogP contribution in [0.25, 0.3) is 0 Å². The van der Waals surface area contributed by atoms with Crippen LogP contribution in [0.5, 0.6) is 0 Å². The number of nitrogens with one attached hydrogen (secondary N) is 1. The third kappa shape index (κ3) is 2.96. The van der Waals surface area contributed by atoms with Gasteiger partial charge in [-0.2, -0.15) is 0 Å². The summed E-state index contributed by atoms with van der Waals surface area (Å²) in [5.74, 6) is -1.01. The first-order valence-electron chi connectivity index (χ1n) is 7.36. The molecule has 2 heterocycles. The van der Waals surface area contributed by atoms with Crippen LogP contribution in [0.1, 0.15) is 23.2 Å². The number of morpholine rings is 1. The molecule has 3 rings (SSSR count). The Kier molecular flexibility index (Phi) is 3.98. The molecule has 2 atom stereocenters. The number of hydrogen-bond donors (Lipinski definition) is 3. The third-order valence-corrected chi connectivity index (χ3v) is 4.32. The molecule has 6 nitrogen and oxygen atoms in total. The predicted octanol–water partition coefficient (Wildman–Crippen LogP) is 1.24. The highest BCUT2D eigenvalue weighted by atomic mass is 16.5. The summed E-state index contributed by atoms with van der Waals surface area (Å²) >= 11 is 0. The van der Waals surface area contributed by atoms with Crippen molar-refractivity contribution < 1.29 is 14.6 Å². The largest absolute Gasteiger partial charge is 0.478 e. The van der Waals surface area contributed by atoms with Crippen molar-refractivity contribution in [1.29, 1.82) is 0 Å². The third-order valence-electron chi connectivity index (χ3n) is 4.32. The average Bonchev–Trinajstić information content (AvgIpc) is 2.93. The number of carbonyl (C=O) groups is 1. The number of carboxylic acids is 1. The summed E-state index contributed by atoms with van der Waals surface area (Å²) in [5, 5.41) is 12.3. The summed E-state index contributed by atoms with van der Waals surface area (Å²) in [7, 11) is 0. The molecule has 1 aromatic rings. The van der Waals surface area contributed by atoms with Gasteiger partial charge in [0.05, 0.1) is 29.6 Å². The van der Waals surface area contributed by atoms with Crippen LogP contribution < -0.4 is 11.1 Å². The Morgan fingerprint density at radius 3 is 3.19 bits per heavy atom. The molecule has 0 spiro atoms. The maximum absolute atomic E-state index is 11.1. The van der Waals surface area contributed by atoms with Crippen LogP contribution in [0.15, 0.2) is 18.2 Å². The summed E-state index contributed by atoms with van der Waals surface area (Å²) in [6.45, 7) is 3.50. The minimum atomic E-state index is -1.01. The molecule has 6 heteroatoms. The quantitative estimate of drug-likeness (QED) is 0.724. The predicted molar refractivity (Wildman–Crippen MR) is 80.6 cm³/mol. The van der Waals surface area contributed by atoms with Gasteiger partial charge in [-0.05, 0) is 31.5 Å². The van der Waals surface area contributed by atoms with E-state index in [9.17, 15) is 4.79 Å². The van der Waals surface area contributed by atoms with Gasteiger partial charge in [-0.1, -0.05) is 6.07 Å². The number of hydrogen-bond acceptors (Lipinski definition) is 5. The number of fused-ring (bicyclic) bond motifs is 1. The fourth-order valence-electron chi connectivity index (χ4n) is 3.14. The zero-order valence-electron chi connectivity index (χ0n) is 11.9. The van der Waals surface area contributed by atoms with Crippen LogP contribution in [0, 0.1) is 0 Å². The van der Waals surface area contributed by atoms with Crippen molar-refractivity contribution in [2.75, 3.05) is 37.3 Å². The van der Waals surface area contributed by atoms with Gasteiger partial charge in [0.2, 0.25) is 0 Å². The van der Waals surface area contributed by atoms with Gasteiger partial charge in [0, 0.05) is 19.1 Å². The van der Waals surface area contributed by atoms with Crippen molar-refractivity contribution in [1.82, 2.24) is 4.90 Å². The zero-order chi connectivity index (χ0) is 14.8. The highest BCUT2D eigenvalue weighted by Crippen LogP contribution is 2.25. The lowest BCUT2D eigenvalue weighted by Gasteiger charge is -2.35. The lowest BCUT2D eigenvalue weighted by molar-refractivity contribution is -0.0415. The van der Waals surface area contributed by atoms with E-state index in [1.54, 1.807) is 12.1 Å². The molecule has 21 heavy (non-hydrogen) atoms. The molecular formula is C15H21N3O3. The van der Waals surface area contributed by atoms with Crippen LogP contribution in [-0.2, 0) is 4.74 Å². The average molecular weight is 291 g/mol. The Bertz CT molecular complexity index is 535. The molecule has 2 aliphatic rings. The number of nitrogens with two attached hydrogens (primary N) is 1. The van der Waals surface area contributed by atoms with Crippen LogP contribution in [0.3, 0.4) is 0 Å². The minimum absolute atomic E-state index is 0.118. The summed E-state index contributed by atoms with van der Waals surface area (Å²) in [4.78, 5) is 13.5. The second-order valence-corrected chi connectivity index (χ2v) is 5.70. The van der Waals surface area contributed by atoms with Gasteiger partial charge in [0.1, 0.15) is 0 Å². The topological polar surface area (TPSA) is 87.8 Å². The molecule has 0 aromatic heterocycles. The number of aromatic carboxylic acids is 1. The molecule has 114 valence electrons. The van der Waals surface area contributed by atoms with Gasteiger partial charge >= 0.3 is 5.97 Å². The van der Waals surface area contributed by atoms with Gasteiger partial charge in [-0.25, -0.2) is 4.79 Å². The second kappa shape index (κ2) is 5.91. The number of anilines is 2. The van der Waals surface area contributed by atoms with Crippen molar-refractivity contribution in [3.05, 3.63) is 23.8 Å². The number of carboxylic acid groups (broad SMARTS) is 1. The smallest absolute Gasteiger partial charge is 0.337 e. The number of rotatable bonds is 4. The van der Waals surface area contributed by atoms with E-state index in [1.165, 1.54) is 18.9 Å².